The Morgan fingerprint density at radius 3 is 2.38 bits per heavy atom. The molecule has 1 saturated heterocycles. The number of fused-ring (bicyclic) bond motifs is 1. The van der Waals surface area contributed by atoms with Crippen LogP contribution in [0.2, 0.25) is 0 Å². The number of carboxylic acids is 1. The maximum Gasteiger partial charge on any atom is 0.490 e. The summed E-state index contributed by atoms with van der Waals surface area (Å²) < 4.78 is 42.9. The summed E-state index contributed by atoms with van der Waals surface area (Å²) in [5.41, 5.74) is 2.61. The van der Waals surface area contributed by atoms with E-state index in [1.54, 1.807) is 6.07 Å². The van der Waals surface area contributed by atoms with Gasteiger partial charge in [0, 0.05) is 5.69 Å². The van der Waals surface area contributed by atoms with Crippen molar-refractivity contribution < 1.29 is 37.3 Å². The van der Waals surface area contributed by atoms with Crippen molar-refractivity contribution in [2.24, 2.45) is 0 Å². The minimum atomic E-state index is -5.08. The molecule has 0 radical (unpaired) electrons. The maximum atomic E-state index is 12.7. The predicted octanol–water partition coefficient (Wildman–Crippen LogP) is 3.81. The van der Waals surface area contributed by atoms with Crippen LogP contribution in [0.4, 0.5) is 18.9 Å². The number of benzene rings is 2. The van der Waals surface area contributed by atoms with Crippen LogP contribution in [-0.2, 0) is 4.79 Å². The van der Waals surface area contributed by atoms with E-state index in [1.165, 1.54) is 5.56 Å². The van der Waals surface area contributed by atoms with Gasteiger partial charge in [-0.1, -0.05) is 18.2 Å². The summed E-state index contributed by atoms with van der Waals surface area (Å²) in [5, 5.41) is 13.5. The molecule has 0 aliphatic carbocycles. The monoisotopic (exact) mass is 452 g/mol. The average molecular weight is 452 g/mol. The molecule has 2 heterocycles. The summed E-state index contributed by atoms with van der Waals surface area (Å²) in [6.07, 6.45) is -2.82. The molecule has 7 nitrogen and oxygen atoms in total. The standard InChI is InChI=1S/C20H22N2O3.C2HF3O2/c23-20(17-5-2-6-18-19(17)25-12-11-24-18)22-16-4-1-3-15(13-16)14-7-9-21-10-8-14;3-2(4,5)1(6)7/h1-6,13-14,21H,7-12H2,(H,22,23);(H,6,7). The first kappa shape index (κ1) is 23.4. The zero-order valence-corrected chi connectivity index (χ0v) is 17.1. The van der Waals surface area contributed by atoms with Gasteiger partial charge in [0.2, 0.25) is 0 Å². The Labute approximate surface area is 182 Å². The number of carbonyl (C=O) groups is 2. The van der Waals surface area contributed by atoms with Crippen molar-refractivity contribution in [2.45, 2.75) is 24.9 Å². The molecule has 1 amide bonds. The third-order valence-corrected chi connectivity index (χ3v) is 5.01. The molecule has 3 N–H and O–H groups in total. The third kappa shape index (κ3) is 6.13. The molecule has 0 saturated carbocycles. The minimum absolute atomic E-state index is 0.176. The van der Waals surface area contributed by atoms with E-state index in [-0.39, 0.29) is 5.91 Å². The summed E-state index contributed by atoms with van der Waals surface area (Å²) in [6, 6.07) is 13.6. The van der Waals surface area contributed by atoms with E-state index in [4.69, 9.17) is 19.4 Å². The second kappa shape index (κ2) is 10.4. The highest BCUT2D eigenvalue weighted by molar-refractivity contribution is 6.06. The molecule has 0 aromatic heterocycles. The lowest BCUT2D eigenvalue weighted by atomic mass is 9.90. The Hall–Kier alpha value is -3.27. The van der Waals surface area contributed by atoms with Gasteiger partial charge in [0.1, 0.15) is 13.2 Å². The summed E-state index contributed by atoms with van der Waals surface area (Å²) in [5.74, 6) is -1.22. The van der Waals surface area contributed by atoms with Crippen molar-refractivity contribution in [1.82, 2.24) is 5.32 Å². The van der Waals surface area contributed by atoms with Gasteiger partial charge in [0.25, 0.3) is 5.91 Å². The van der Waals surface area contributed by atoms with E-state index in [1.807, 2.05) is 24.3 Å². The molecule has 172 valence electrons. The molecule has 2 aliphatic heterocycles. The van der Waals surface area contributed by atoms with Gasteiger partial charge in [-0.15, -0.1) is 0 Å². The Morgan fingerprint density at radius 2 is 1.69 bits per heavy atom. The molecule has 10 heteroatoms. The van der Waals surface area contributed by atoms with Crippen LogP contribution in [-0.4, -0.2) is 49.5 Å². The Bertz CT molecular complexity index is 959. The van der Waals surface area contributed by atoms with E-state index in [0.717, 1.165) is 31.6 Å². The van der Waals surface area contributed by atoms with Crippen molar-refractivity contribution in [2.75, 3.05) is 31.6 Å². The van der Waals surface area contributed by atoms with Gasteiger partial charge in [0.15, 0.2) is 11.5 Å². The molecule has 0 bridgehead atoms. The summed E-state index contributed by atoms with van der Waals surface area (Å²) >= 11 is 0. The van der Waals surface area contributed by atoms with Gasteiger partial charge < -0.3 is 25.2 Å². The first-order chi connectivity index (χ1) is 15.3. The smallest absolute Gasteiger partial charge is 0.486 e. The maximum absolute atomic E-state index is 12.7. The zero-order chi connectivity index (χ0) is 23.1. The zero-order valence-electron chi connectivity index (χ0n) is 17.1. The number of para-hydroxylation sites is 1. The summed E-state index contributed by atoms with van der Waals surface area (Å²) in [4.78, 5) is 21.6. The van der Waals surface area contributed by atoms with Crippen LogP contribution in [0.1, 0.15) is 34.7 Å². The quantitative estimate of drug-likeness (QED) is 0.656. The van der Waals surface area contributed by atoms with E-state index >= 15 is 0 Å². The molecule has 2 aromatic rings. The number of anilines is 1. The molecular weight excluding hydrogens is 429 g/mol. The minimum Gasteiger partial charge on any atom is -0.486 e. The Morgan fingerprint density at radius 1 is 1.03 bits per heavy atom. The van der Waals surface area contributed by atoms with Crippen molar-refractivity contribution in [1.29, 1.82) is 0 Å². The molecule has 32 heavy (non-hydrogen) atoms. The van der Waals surface area contributed by atoms with Gasteiger partial charge in [-0.25, -0.2) is 4.79 Å². The van der Waals surface area contributed by atoms with E-state index in [0.29, 0.717) is 36.2 Å². The second-order valence-corrected chi connectivity index (χ2v) is 7.24. The van der Waals surface area contributed by atoms with E-state index < -0.39 is 12.1 Å². The highest BCUT2D eigenvalue weighted by Crippen LogP contribution is 2.34. The van der Waals surface area contributed by atoms with E-state index in [2.05, 4.69) is 22.8 Å². The Balaban J connectivity index is 0.000000360. The van der Waals surface area contributed by atoms with Crippen LogP contribution in [0.25, 0.3) is 0 Å². The second-order valence-electron chi connectivity index (χ2n) is 7.24. The molecule has 2 aromatic carbocycles. The molecule has 1 fully saturated rings. The largest absolute Gasteiger partial charge is 0.490 e. The number of alkyl halides is 3. The van der Waals surface area contributed by atoms with Crippen LogP contribution < -0.4 is 20.1 Å². The lowest BCUT2D eigenvalue weighted by molar-refractivity contribution is -0.192. The fourth-order valence-corrected chi connectivity index (χ4v) is 3.48. The lowest BCUT2D eigenvalue weighted by Crippen LogP contribution is -2.26. The van der Waals surface area contributed by atoms with Gasteiger partial charge in [-0.3, -0.25) is 4.79 Å². The molecule has 0 atom stereocenters. The van der Waals surface area contributed by atoms with Crippen molar-refractivity contribution in [3.05, 3.63) is 53.6 Å². The number of nitrogens with one attached hydrogen (secondary N) is 2. The number of halogens is 3. The molecule has 0 unspecified atom stereocenters. The highest BCUT2D eigenvalue weighted by Gasteiger charge is 2.38. The fourth-order valence-electron chi connectivity index (χ4n) is 3.48. The molecule has 0 spiro atoms. The number of ether oxygens (including phenoxy) is 2. The highest BCUT2D eigenvalue weighted by atomic mass is 19.4. The number of hydrogen-bond acceptors (Lipinski definition) is 5. The number of hydrogen-bond donors (Lipinski definition) is 3. The normalized spacial score (nSPS) is 15.8. The average Bonchev–Trinajstić information content (AvgIpc) is 2.79. The van der Waals surface area contributed by atoms with Crippen LogP contribution in [0.5, 0.6) is 11.5 Å². The van der Waals surface area contributed by atoms with Crippen LogP contribution in [0.15, 0.2) is 42.5 Å². The van der Waals surface area contributed by atoms with E-state index in [9.17, 15) is 18.0 Å². The SMILES string of the molecule is O=C(Nc1cccc(C2CCNCC2)c1)c1cccc2c1OCCO2.O=C(O)C(F)(F)F. The number of carboxylic acid groups (broad SMARTS) is 1. The predicted molar refractivity (Wildman–Crippen MR) is 110 cm³/mol. The lowest BCUT2D eigenvalue weighted by Gasteiger charge is -2.23. The third-order valence-electron chi connectivity index (χ3n) is 5.01. The molecular formula is C22H23F3N2O5. The van der Waals surface area contributed by atoms with Crippen LogP contribution >= 0.6 is 0 Å². The molecule has 4 rings (SSSR count). The molecule has 2 aliphatic rings. The number of carbonyl (C=O) groups excluding carboxylic acids is 1. The Kier molecular flexibility index (Phi) is 7.57. The van der Waals surface area contributed by atoms with Crippen LogP contribution in [0.3, 0.4) is 0 Å². The summed E-state index contributed by atoms with van der Waals surface area (Å²) in [6.45, 7) is 3.07. The first-order valence-corrected chi connectivity index (χ1v) is 10.1. The number of rotatable bonds is 3. The van der Waals surface area contributed by atoms with Crippen molar-refractivity contribution in [3.8, 4) is 11.5 Å². The van der Waals surface area contributed by atoms with Crippen molar-refractivity contribution >= 4 is 17.6 Å². The van der Waals surface area contributed by atoms with Gasteiger partial charge in [-0.05, 0) is 61.7 Å². The van der Waals surface area contributed by atoms with Gasteiger partial charge in [0.05, 0.1) is 5.56 Å². The van der Waals surface area contributed by atoms with Crippen molar-refractivity contribution in [3.63, 3.8) is 0 Å². The van der Waals surface area contributed by atoms with Crippen LogP contribution in [0, 0.1) is 0 Å². The number of piperidine rings is 1. The number of amides is 1. The first-order valence-electron chi connectivity index (χ1n) is 10.1. The summed E-state index contributed by atoms with van der Waals surface area (Å²) in [7, 11) is 0. The number of aliphatic carboxylic acids is 1. The topological polar surface area (TPSA) is 96.9 Å². The fraction of sp³-hybridized carbons (Fsp3) is 0.364. The van der Waals surface area contributed by atoms with Gasteiger partial charge >= 0.3 is 12.1 Å². The van der Waals surface area contributed by atoms with Gasteiger partial charge in [-0.2, -0.15) is 13.2 Å².